The molecular formula is C30H31Cl3N6O. The number of hydrogen-bond donors (Lipinski definition) is 3. The second kappa shape index (κ2) is 11.8. The number of nitrogen functional groups attached to an aromatic ring is 2. The summed E-state index contributed by atoms with van der Waals surface area (Å²) in [5.41, 5.74) is 15.0. The highest BCUT2D eigenvalue weighted by atomic mass is 35.5. The molecule has 2 aromatic heterocycles. The van der Waals surface area contributed by atoms with Gasteiger partial charge in [0.25, 0.3) is 5.56 Å². The second-order valence-corrected chi connectivity index (χ2v) is 11.8. The van der Waals surface area contributed by atoms with E-state index < -0.39 is 0 Å². The fraction of sp³-hybridized carbons (Fsp3) is 0.333. The van der Waals surface area contributed by atoms with Gasteiger partial charge in [0.1, 0.15) is 5.15 Å². The molecule has 0 atom stereocenters. The van der Waals surface area contributed by atoms with Gasteiger partial charge < -0.3 is 11.5 Å². The van der Waals surface area contributed by atoms with Crippen LogP contribution in [-0.2, 0) is 10.8 Å². The maximum Gasteiger partial charge on any atom is 0.252 e. The Labute approximate surface area is 248 Å². The summed E-state index contributed by atoms with van der Waals surface area (Å²) in [5.74, 6) is 0.403. The average molecular weight is 598 g/mol. The van der Waals surface area contributed by atoms with Gasteiger partial charge in [0.2, 0.25) is 11.9 Å². The molecule has 0 saturated heterocycles. The summed E-state index contributed by atoms with van der Waals surface area (Å²) >= 11 is 18.0. The largest absolute Gasteiger partial charge is 0.369 e. The number of hydrogen-bond acceptors (Lipinski definition) is 6. The van der Waals surface area contributed by atoms with Crippen LogP contribution in [0.4, 0.5) is 11.9 Å². The van der Waals surface area contributed by atoms with E-state index in [-0.39, 0.29) is 28.3 Å². The van der Waals surface area contributed by atoms with E-state index >= 15 is 0 Å². The Balaban J connectivity index is 0.000000161. The van der Waals surface area contributed by atoms with Gasteiger partial charge in [-0.25, -0.2) is 15.0 Å². The smallest absolute Gasteiger partial charge is 0.252 e. The van der Waals surface area contributed by atoms with Crippen molar-refractivity contribution >= 4 is 46.7 Å². The van der Waals surface area contributed by atoms with E-state index in [4.69, 9.17) is 46.3 Å². The van der Waals surface area contributed by atoms with Crippen molar-refractivity contribution in [3.05, 3.63) is 109 Å². The summed E-state index contributed by atoms with van der Waals surface area (Å²) in [6, 6.07) is 19.2. The van der Waals surface area contributed by atoms with Crippen molar-refractivity contribution in [2.75, 3.05) is 11.5 Å². The molecule has 2 fully saturated rings. The van der Waals surface area contributed by atoms with Crippen molar-refractivity contribution in [1.29, 1.82) is 0 Å². The van der Waals surface area contributed by atoms with Crippen LogP contribution in [0.3, 0.4) is 0 Å². The summed E-state index contributed by atoms with van der Waals surface area (Å²) in [7, 11) is 0. The number of nitrogens with one attached hydrogen (secondary N) is 1. The summed E-state index contributed by atoms with van der Waals surface area (Å²) in [5, 5.41) is 1.84. The molecule has 0 spiro atoms. The quantitative estimate of drug-likeness (QED) is 0.216. The lowest BCUT2D eigenvalue weighted by Crippen LogP contribution is -2.28. The number of H-pyrrole nitrogens is 1. The predicted octanol–water partition coefficient (Wildman–Crippen LogP) is 7.09. The number of rotatable bonds is 4. The molecule has 7 nitrogen and oxygen atoms in total. The van der Waals surface area contributed by atoms with Gasteiger partial charge >= 0.3 is 0 Å². The van der Waals surface area contributed by atoms with Crippen LogP contribution < -0.4 is 17.0 Å². The Kier molecular flexibility index (Phi) is 8.36. The van der Waals surface area contributed by atoms with E-state index in [1.165, 1.54) is 18.4 Å². The zero-order valence-corrected chi connectivity index (χ0v) is 24.2. The van der Waals surface area contributed by atoms with Gasteiger partial charge in [0.15, 0.2) is 0 Å². The molecule has 0 unspecified atom stereocenters. The topological polar surface area (TPSA) is 124 Å². The molecule has 0 radical (unpaired) electrons. The van der Waals surface area contributed by atoms with Gasteiger partial charge in [0.05, 0.1) is 11.4 Å². The molecular weight excluding hydrogens is 567 g/mol. The van der Waals surface area contributed by atoms with Gasteiger partial charge in [0, 0.05) is 26.9 Å². The third kappa shape index (κ3) is 5.82. The van der Waals surface area contributed by atoms with E-state index in [9.17, 15) is 4.79 Å². The van der Waals surface area contributed by atoms with E-state index in [2.05, 4.69) is 32.1 Å². The van der Waals surface area contributed by atoms with Crippen LogP contribution in [0.5, 0.6) is 0 Å². The fourth-order valence-corrected chi connectivity index (χ4v) is 6.72. The molecule has 0 bridgehead atoms. The molecule has 10 heteroatoms. The highest BCUT2D eigenvalue weighted by Gasteiger charge is 2.40. The predicted molar refractivity (Wildman–Crippen MR) is 162 cm³/mol. The van der Waals surface area contributed by atoms with Crippen LogP contribution in [0.25, 0.3) is 0 Å². The van der Waals surface area contributed by atoms with Crippen LogP contribution in [0.1, 0.15) is 73.9 Å². The normalized spacial score (nSPS) is 17.3. The highest BCUT2D eigenvalue weighted by Crippen LogP contribution is 2.47. The number of aromatic nitrogens is 4. The number of benzene rings is 2. The summed E-state index contributed by atoms with van der Waals surface area (Å²) < 4.78 is 0. The number of nitrogens with zero attached hydrogens (tertiary/aromatic N) is 3. The molecule has 4 aromatic rings. The molecule has 40 heavy (non-hydrogen) atoms. The van der Waals surface area contributed by atoms with Gasteiger partial charge in [-0.3, -0.25) is 9.78 Å². The molecule has 2 saturated carbocycles. The summed E-state index contributed by atoms with van der Waals surface area (Å²) in [6.07, 6.45) is 8.63. The van der Waals surface area contributed by atoms with Crippen LogP contribution in [0.15, 0.2) is 65.5 Å². The van der Waals surface area contributed by atoms with Crippen LogP contribution in [-0.4, -0.2) is 19.9 Å². The van der Waals surface area contributed by atoms with Crippen molar-refractivity contribution in [2.45, 2.75) is 62.2 Å². The van der Waals surface area contributed by atoms with Crippen molar-refractivity contribution in [3.63, 3.8) is 0 Å². The molecule has 6 rings (SSSR count). The number of nitrogens with two attached hydrogens (primary N) is 2. The zero-order valence-electron chi connectivity index (χ0n) is 22.0. The first kappa shape index (κ1) is 28.4. The van der Waals surface area contributed by atoms with Crippen LogP contribution in [0, 0.1) is 0 Å². The molecule has 0 aliphatic heterocycles. The number of aromatic amines is 1. The third-order valence-corrected chi connectivity index (χ3v) is 8.86. The fourth-order valence-electron chi connectivity index (χ4n) is 6.28. The van der Waals surface area contributed by atoms with Gasteiger partial charge in [-0.1, -0.05) is 84.8 Å². The second-order valence-electron chi connectivity index (χ2n) is 10.5. The monoisotopic (exact) mass is 596 g/mol. The lowest BCUT2D eigenvalue weighted by atomic mass is 9.76. The van der Waals surface area contributed by atoms with E-state index in [0.717, 1.165) is 60.5 Å². The molecule has 208 valence electrons. The molecule has 2 aromatic carbocycles. The maximum absolute atomic E-state index is 11.7. The van der Waals surface area contributed by atoms with Crippen LogP contribution >= 0.6 is 34.8 Å². The van der Waals surface area contributed by atoms with E-state index in [1.807, 2.05) is 42.5 Å². The molecule has 2 aliphatic rings. The Hall–Kier alpha value is -3.13. The minimum Gasteiger partial charge on any atom is -0.369 e. The number of halogens is 3. The van der Waals surface area contributed by atoms with Crippen molar-refractivity contribution in [3.8, 4) is 0 Å². The van der Waals surface area contributed by atoms with Gasteiger partial charge in [-0.15, -0.1) is 0 Å². The highest BCUT2D eigenvalue weighted by molar-refractivity contribution is 6.31. The Bertz CT molecular complexity index is 1510. The van der Waals surface area contributed by atoms with Gasteiger partial charge in [-0.2, -0.15) is 0 Å². The standard InChI is InChI=1S/C15H15Cl2N3.C15H16ClN3O/c16-11-5-3-10(4-6-11)15(7-1-2-8-15)12-9-13(17)20-14(18)19-12;16-11-5-3-10(4-6-11)15(7-1-2-8-15)12-9-13(20)19-14(17)18-12/h3-6,9H,1-2,7-8H2,(H2,18,19,20);3-6,9H,1-2,7-8H2,(H3,17,18,19,20). The molecule has 5 N–H and O–H groups in total. The Morgan fingerprint density at radius 3 is 1.52 bits per heavy atom. The Morgan fingerprint density at radius 2 is 1.10 bits per heavy atom. The van der Waals surface area contributed by atoms with Crippen molar-refractivity contribution < 1.29 is 0 Å². The zero-order chi connectivity index (χ0) is 28.3. The van der Waals surface area contributed by atoms with Crippen molar-refractivity contribution in [2.24, 2.45) is 0 Å². The average Bonchev–Trinajstić information content (AvgIpc) is 3.61. The Morgan fingerprint density at radius 1 is 0.650 bits per heavy atom. The first-order chi connectivity index (χ1) is 19.2. The minimum absolute atomic E-state index is 0.120. The first-order valence-corrected chi connectivity index (χ1v) is 14.5. The van der Waals surface area contributed by atoms with Crippen LogP contribution in [0.2, 0.25) is 15.2 Å². The minimum atomic E-state index is -0.215. The maximum atomic E-state index is 11.7. The molecule has 0 amide bonds. The van der Waals surface area contributed by atoms with E-state index in [1.54, 1.807) is 6.07 Å². The lowest BCUT2D eigenvalue weighted by molar-refractivity contribution is 0.517. The lowest BCUT2D eigenvalue weighted by Gasteiger charge is -2.29. The van der Waals surface area contributed by atoms with E-state index in [0.29, 0.717) is 10.2 Å². The number of anilines is 2. The molecule has 2 aliphatic carbocycles. The first-order valence-electron chi connectivity index (χ1n) is 13.4. The third-order valence-electron chi connectivity index (χ3n) is 8.16. The van der Waals surface area contributed by atoms with Gasteiger partial charge in [-0.05, 0) is 67.1 Å². The molecule has 2 heterocycles. The van der Waals surface area contributed by atoms with Crippen molar-refractivity contribution in [1.82, 2.24) is 19.9 Å². The summed E-state index contributed by atoms with van der Waals surface area (Å²) in [6.45, 7) is 0. The SMILES string of the molecule is Nc1nc(C2(c3ccc(Cl)cc3)CCCC2)cc(=O)[nH]1.Nc1nc(Cl)cc(C2(c3ccc(Cl)cc3)CCCC2)n1. The summed E-state index contributed by atoms with van der Waals surface area (Å²) in [4.78, 5) is 27.0.